The fourth-order valence-corrected chi connectivity index (χ4v) is 4.37. The van der Waals surface area contributed by atoms with Gasteiger partial charge in [0.2, 0.25) is 0 Å². The first-order valence-electron chi connectivity index (χ1n) is 13.6. The van der Waals surface area contributed by atoms with Crippen LogP contribution in [0.25, 0.3) is 0 Å². The van der Waals surface area contributed by atoms with Crippen LogP contribution >= 0.6 is 0 Å². The molecular weight excluding hydrogens is 483 g/mol. The normalized spacial score (nSPS) is 13.1. The summed E-state index contributed by atoms with van der Waals surface area (Å²) < 4.78 is 35.0. The summed E-state index contributed by atoms with van der Waals surface area (Å²) in [5.74, 6) is -3.50. The third-order valence-electron chi connectivity index (χ3n) is 5.97. The van der Waals surface area contributed by atoms with Crippen LogP contribution in [0.1, 0.15) is 129 Å². The molecule has 2 unspecified atom stereocenters. The summed E-state index contributed by atoms with van der Waals surface area (Å²) in [6, 6.07) is 0. The summed E-state index contributed by atoms with van der Waals surface area (Å²) in [7, 11) is -4.84. The van der Waals surface area contributed by atoms with E-state index in [4.69, 9.17) is 19.5 Å². The number of carbonyl (C=O) groups is 2. The third-order valence-corrected chi connectivity index (χ3v) is 8.21. The van der Waals surface area contributed by atoms with Gasteiger partial charge in [-0.15, -0.1) is 0 Å². The Morgan fingerprint density at radius 3 is 1.37 bits per heavy atom. The molecule has 0 spiro atoms. The van der Waals surface area contributed by atoms with Gasteiger partial charge in [-0.25, -0.2) is 0 Å². The van der Waals surface area contributed by atoms with Crippen molar-refractivity contribution in [2.24, 2.45) is 0 Å². The molecule has 0 aliphatic heterocycles. The van der Waals surface area contributed by atoms with E-state index in [1.54, 1.807) is 0 Å². The molecule has 0 radical (unpaired) electrons. The number of hydrogen-bond acceptors (Lipinski definition) is 5. The van der Waals surface area contributed by atoms with Crippen LogP contribution in [0.5, 0.6) is 0 Å². The zero-order valence-electron chi connectivity index (χ0n) is 22.4. The van der Waals surface area contributed by atoms with E-state index in [0.29, 0.717) is 3.35 Å². The van der Waals surface area contributed by atoms with Crippen LogP contribution in [0.3, 0.4) is 0 Å². The van der Waals surface area contributed by atoms with Gasteiger partial charge in [0, 0.05) is 0 Å². The van der Waals surface area contributed by atoms with Gasteiger partial charge < -0.3 is 10.2 Å². The van der Waals surface area contributed by atoms with Crippen molar-refractivity contribution in [1.29, 1.82) is 0 Å². The second kappa shape index (κ2) is 25.5. The van der Waals surface area contributed by atoms with E-state index in [1.165, 1.54) is 137 Å². The van der Waals surface area contributed by atoms with Crippen LogP contribution in [-0.2, 0) is 24.4 Å². The Morgan fingerprint density at radius 1 is 0.743 bits per heavy atom. The van der Waals surface area contributed by atoms with Crippen molar-refractivity contribution in [1.82, 2.24) is 0 Å². The quantitative estimate of drug-likeness (QED) is 0.0831. The van der Waals surface area contributed by atoms with E-state index in [9.17, 15) is 18.0 Å². The third kappa shape index (κ3) is 28.2. The molecule has 35 heavy (non-hydrogen) atoms. The fraction of sp³-hybridized carbons (Fsp3) is 0.920. The van der Waals surface area contributed by atoms with Crippen molar-refractivity contribution in [2.45, 2.75) is 138 Å². The van der Waals surface area contributed by atoms with Crippen molar-refractivity contribution < 1.29 is 37.5 Å². The van der Waals surface area contributed by atoms with Gasteiger partial charge in [-0.2, -0.15) is 8.42 Å². The summed E-state index contributed by atoms with van der Waals surface area (Å²) >= 11 is 1.19. The molecule has 0 heterocycles. The SMILES string of the molecule is CCCCCCCCCCCCCCCCCCO[CH]([Na])CC.O=C(O)CC(C(=O)O)S(=O)(=O)O. The average Bonchev–Trinajstić information content (AvgIpc) is 2.78. The number of carboxylic acids is 2. The molecule has 0 bridgehead atoms. The molecule has 0 saturated heterocycles. The molecule has 3 N–H and O–H groups in total. The van der Waals surface area contributed by atoms with Gasteiger partial charge in [0.1, 0.15) is 0 Å². The Hall–Kier alpha value is -0.190. The van der Waals surface area contributed by atoms with Crippen molar-refractivity contribution in [3.8, 4) is 0 Å². The van der Waals surface area contributed by atoms with Crippen molar-refractivity contribution in [2.75, 3.05) is 6.61 Å². The molecule has 8 nitrogen and oxygen atoms in total. The molecule has 0 aliphatic rings. The van der Waals surface area contributed by atoms with Gasteiger partial charge in [0.25, 0.3) is 10.1 Å². The first-order valence-corrected chi connectivity index (χ1v) is 16.2. The van der Waals surface area contributed by atoms with Crippen molar-refractivity contribution >= 4 is 50.0 Å². The maximum absolute atomic E-state index is 10.2. The van der Waals surface area contributed by atoms with Gasteiger partial charge in [0.15, 0.2) is 5.25 Å². The number of hydrogen-bond donors (Lipinski definition) is 3. The molecule has 0 amide bonds. The van der Waals surface area contributed by atoms with Crippen molar-refractivity contribution in [3.63, 3.8) is 0 Å². The van der Waals surface area contributed by atoms with Crippen LogP contribution in [0.2, 0.25) is 0 Å². The topological polar surface area (TPSA) is 138 Å². The maximum Gasteiger partial charge on any atom is 0.325 e. The molecular formula is C25H49NaO8S. The first-order chi connectivity index (χ1) is 16.6. The Bertz CT molecular complexity index is 613. The standard InChI is InChI=1S/C21H43O.C4H6O7S.Na/c1-3-5-6-7-8-9-10-11-12-13-14-15-16-17-18-19-21-22-20-4-2;5-3(6)1-2(4(7)8)12(9,10)11;/h20H,3-19,21H2,1-2H3;2H,1H2,(H,5,6)(H,7,8)(H,9,10,11);. The molecule has 2 atom stereocenters. The molecule has 10 heteroatoms. The predicted octanol–water partition coefficient (Wildman–Crippen LogP) is 5.97. The van der Waals surface area contributed by atoms with Crippen LogP contribution in [0, 0.1) is 0 Å². The zero-order chi connectivity index (χ0) is 27.0. The molecule has 0 aromatic rings. The summed E-state index contributed by atoms with van der Waals surface area (Å²) in [6.45, 7) is 5.52. The summed E-state index contributed by atoms with van der Waals surface area (Å²) in [4.78, 5) is 20.0. The minimum Gasteiger partial charge on any atom is -0.481 e. The summed E-state index contributed by atoms with van der Waals surface area (Å²) in [5, 5.41) is 13.9. The van der Waals surface area contributed by atoms with E-state index in [0.717, 1.165) is 6.61 Å². The van der Waals surface area contributed by atoms with Gasteiger partial charge in [-0.05, 0) is 0 Å². The number of ether oxygens (including phenoxy) is 1. The van der Waals surface area contributed by atoms with Crippen molar-refractivity contribution in [3.05, 3.63) is 0 Å². The van der Waals surface area contributed by atoms with E-state index < -0.39 is 33.7 Å². The average molecular weight is 533 g/mol. The maximum atomic E-state index is 10.2. The Balaban J connectivity index is 0. The summed E-state index contributed by atoms with van der Waals surface area (Å²) in [5.41, 5.74) is 0. The predicted molar refractivity (Wildman–Crippen MR) is 141 cm³/mol. The minimum atomic E-state index is -4.84. The molecule has 0 aromatic carbocycles. The van der Waals surface area contributed by atoms with Gasteiger partial charge in [-0.3, -0.25) is 14.1 Å². The molecule has 0 aliphatic carbocycles. The largest absolute Gasteiger partial charge is 0.481 e. The van der Waals surface area contributed by atoms with Crippen LogP contribution < -0.4 is 0 Å². The molecule has 0 saturated carbocycles. The monoisotopic (exact) mass is 532 g/mol. The molecule has 204 valence electrons. The van der Waals surface area contributed by atoms with E-state index >= 15 is 0 Å². The van der Waals surface area contributed by atoms with Gasteiger partial charge in [0.05, 0.1) is 6.42 Å². The molecule has 0 rings (SSSR count). The Morgan fingerprint density at radius 2 is 1.11 bits per heavy atom. The Kier molecular flexibility index (Phi) is 26.9. The van der Waals surface area contributed by atoms with Crippen LogP contribution in [-0.4, -0.2) is 78.3 Å². The second-order valence-electron chi connectivity index (χ2n) is 9.33. The molecule has 0 aromatic heterocycles. The molecule has 0 fully saturated rings. The first kappa shape index (κ1) is 37.0. The van der Waals surface area contributed by atoms with E-state index in [1.807, 2.05) is 0 Å². The van der Waals surface area contributed by atoms with Gasteiger partial charge in [-0.1, -0.05) is 51.9 Å². The number of carboxylic acid groups (broad SMARTS) is 2. The Labute approximate surface area is 231 Å². The smallest absolute Gasteiger partial charge is 0.325 e. The van der Waals surface area contributed by atoms with Gasteiger partial charge >= 0.3 is 126 Å². The minimum absolute atomic E-state index is 0.589. The number of rotatable bonds is 23. The number of unbranched alkanes of at least 4 members (excludes halogenated alkanes) is 15. The number of aliphatic carboxylic acids is 2. The van der Waals surface area contributed by atoms with Crippen LogP contribution in [0.15, 0.2) is 0 Å². The second-order valence-corrected chi connectivity index (χ2v) is 12.2. The summed E-state index contributed by atoms with van der Waals surface area (Å²) in [6.07, 6.45) is 23.0. The van der Waals surface area contributed by atoms with E-state index in [-0.39, 0.29) is 0 Å². The van der Waals surface area contributed by atoms with E-state index in [2.05, 4.69) is 13.8 Å². The zero-order valence-corrected chi connectivity index (χ0v) is 25.2. The van der Waals surface area contributed by atoms with Crippen LogP contribution in [0.4, 0.5) is 0 Å². The fourth-order valence-electron chi connectivity index (χ4n) is 3.53.